The molecule has 0 N–H and O–H groups in total. The van der Waals surface area contributed by atoms with Gasteiger partial charge in [-0.25, -0.2) is 0 Å². The molecule has 0 aliphatic carbocycles. The molecule has 0 bridgehead atoms. The Morgan fingerprint density at radius 1 is 1.00 bits per heavy atom. The van der Waals surface area contributed by atoms with Crippen molar-refractivity contribution in [3.05, 3.63) is 24.3 Å². The molecule has 0 spiro atoms. The van der Waals surface area contributed by atoms with Gasteiger partial charge in [-0.1, -0.05) is 37.4 Å². The summed E-state index contributed by atoms with van der Waals surface area (Å²) in [7, 11) is 0.417. The van der Waals surface area contributed by atoms with Crippen molar-refractivity contribution in [1.82, 2.24) is 0 Å². The third-order valence-corrected chi connectivity index (χ3v) is 0.729. The van der Waals surface area contributed by atoms with Crippen molar-refractivity contribution in [3.63, 3.8) is 0 Å². The van der Waals surface area contributed by atoms with Crippen molar-refractivity contribution in [1.29, 1.82) is 0 Å². The van der Waals surface area contributed by atoms with Crippen LogP contribution in [0.2, 0.25) is 13.1 Å². The molecule has 0 aromatic carbocycles. The van der Waals surface area contributed by atoms with Gasteiger partial charge in [0.15, 0.2) is 0 Å². The first-order valence-corrected chi connectivity index (χ1v) is 6.20. The maximum atomic E-state index is 3.66. The van der Waals surface area contributed by atoms with Crippen LogP contribution >= 0.6 is 0 Å². The van der Waals surface area contributed by atoms with Gasteiger partial charge < -0.3 is 0 Å². The SMILES string of the molecule is C=C(C)C(=C)C.C[SiH2]C.[Ti]. The molecule has 0 rings (SSSR count). The molecule has 0 amide bonds. The summed E-state index contributed by atoms with van der Waals surface area (Å²) in [6.45, 7) is 15.7. The summed E-state index contributed by atoms with van der Waals surface area (Å²) in [6, 6.07) is 0. The Morgan fingerprint density at radius 3 is 1.10 bits per heavy atom. The second-order valence-electron chi connectivity index (χ2n) is 2.27. The monoisotopic (exact) mass is 190 g/mol. The van der Waals surface area contributed by atoms with Gasteiger partial charge in [0.05, 0.1) is 0 Å². The Hall–Kier alpha value is 0.411. The zero-order chi connectivity index (χ0) is 7.86. The van der Waals surface area contributed by atoms with Crippen LogP contribution in [0.3, 0.4) is 0 Å². The minimum Gasteiger partial charge on any atom is -0.0959 e. The molecule has 0 aliphatic heterocycles. The van der Waals surface area contributed by atoms with Gasteiger partial charge in [0.25, 0.3) is 0 Å². The van der Waals surface area contributed by atoms with Gasteiger partial charge in [-0.3, -0.25) is 0 Å². The average Bonchev–Trinajstić information content (AvgIpc) is 1.68. The molecule has 0 unspecified atom stereocenters. The molecule has 58 valence electrons. The summed E-state index contributed by atoms with van der Waals surface area (Å²) in [5.74, 6) is 0. The predicted octanol–water partition coefficient (Wildman–Crippen LogP) is 2.39. The topological polar surface area (TPSA) is 0 Å². The Balaban J connectivity index is -0.000000107. The minimum absolute atomic E-state index is 0. The van der Waals surface area contributed by atoms with E-state index in [2.05, 4.69) is 26.3 Å². The van der Waals surface area contributed by atoms with Crippen LogP contribution in [0.15, 0.2) is 24.3 Å². The Labute approximate surface area is 82.5 Å². The zero-order valence-electron chi connectivity index (χ0n) is 7.62. The van der Waals surface area contributed by atoms with E-state index in [1.807, 2.05) is 13.8 Å². The second-order valence-corrected chi connectivity index (χ2v) is 3.68. The van der Waals surface area contributed by atoms with E-state index < -0.39 is 0 Å². The maximum absolute atomic E-state index is 3.66. The molecule has 0 atom stereocenters. The van der Waals surface area contributed by atoms with E-state index in [4.69, 9.17) is 0 Å². The number of rotatable bonds is 1. The molecule has 10 heavy (non-hydrogen) atoms. The third-order valence-electron chi connectivity index (χ3n) is 0.729. The summed E-state index contributed by atoms with van der Waals surface area (Å²) in [5, 5.41) is 0. The summed E-state index contributed by atoms with van der Waals surface area (Å²) in [4.78, 5) is 0. The molecule has 0 aliphatic rings. The van der Waals surface area contributed by atoms with Gasteiger partial charge in [-0.05, 0) is 13.8 Å². The zero-order valence-corrected chi connectivity index (χ0v) is 10.6. The largest absolute Gasteiger partial charge is 0.0959 e. The smallest absolute Gasteiger partial charge is 0.0135 e. The fraction of sp³-hybridized carbons (Fsp3) is 0.500. The molecular weight excluding hydrogens is 172 g/mol. The van der Waals surface area contributed by atoms with Gasteiger partial charge in [-0.2, -0.15) is 0 Å². The second kappa shape index (κ2) is 12.1. The first-order valence-electron chi connectivity index (χ1n) is 3.37. The molecule has 0 fully saturated rings. The Kier molecular flexibility index (Phi) is 20.4. The molecule has 0 saturated carbocycles. The van der Waals surface area contributed by atoms with Crippen LogP contribution in [0.4, 0.5) is 0 Å². The minimum atomic E-state index is 0. The average molecular weight is 190 g/mol. The van der Waals surface area contributed by atoms with E-state index in [-0.39, 0.29) is 21.7 Å². The third kappa shape index (κ3) is 23.7. The van der Waals surface area contributed by atoms with Crippen molar-refractivity contribution in [2.45, 2.75) is 26.9 Å². The van der Waals surface area contributed by atoms with E-state index in [9.17, 15) is 0 Å². The van der Waals surface area contributed by atoms with Crippen LogP contribution in [0.5, 0.6) is 0 Å². The van der Waals surface area contributed by atoms with Gasteiger partial charge in [0, 0.05) is 31.2 Å². The van der Waals surface area contributed by atoms with E-state index in [0.29, 0.717) is 9.52 Å². The molecular formula is C8H18SiTi. The van der Waals surface area contributed by atoms with Crippen LogP contribution in [0.25, 0.3) is 0 Å². The van der Waals surface area contributed by atoms with Gasteiger partial charge in [-0.15, -0.1) is 0 Å². The summed E-state index contributed by atoms with van der Waals surface area (Å²) < 4.78 is 0. The standard InChI is InChI=1S/C6H10.C2H8Si.Ti/c1-5(2)6(3)4;1-3-2;/h1,3H2,2,4H3;3H2,1-2H3;. The van der Waals surface area contributed by atoms with Gasteiger partial charge >= 0.3 is 0 Å². The van der Waals surface area contributed by atoms with Crippen LogP contribution in [-0.2, 0) is 21.7 Å². The van der Waals surface area contributed by atoms with E-state index in [1.54, 1.807) is 0 Å². The normalized spacial score (nSPS) is 6.40. The predicted molar refractivity (Wildman–Crippen MR) is 49.9 cm³/mol. The van der Waals surface area contributed by atoms with E-state index in [0.717, 1.165) is 11.1 Å². The Bertz CT molecular complexity index is 85.4. The van der Waals surface area contributed by atoms with E-state index in [1.165, 1.54) is 0 Å². The summed E-state index contributed by atoms with van der Waals surface area (Å²) in [5.41, 5.74) is 2.13. The van der Waals surface area contributed by atoms with E-state index >= 15 is 0 Å². The molecule has 0 radical (unpaired) electrons. The molecule has 0 aromatic heterocycles. The molecule has 2 heteroatoms. The summed E-state index contributed by atoms with van der Waals surface area (Å²) >= 11 is 0. The van der Waals surface area contributed by atoms with Crippen LogP contribution in [-0.4, -0.2) is 9.52 Å². The maximum Gasteiger partial charge on any atom is 0.0135 e. The Morgan fingerprint density at radius 2 is 1.10 bits per heavy atom. The molecule has 0 saturated heterocycles. The van der Waals surface area contributed by atoms with Crippen LogP contribution < -0.4 is 0 Å². The molecule has 0 aromatic rings. The number of hydrogen-bond donors (Lipinski definition) is 0. The first kappa shape index (κ1) is 16.8. The summed E-state index contributed by atoms with van der Waals surface area (Å²) in [6.07, 6.45) is 0. The molecule has 0 nitrogen and oxygen atoms in total. The van der Waals surface area contributed by atoms with Crippen molar-refractivity contribution < 1.29 is 21.7 Å². The van der Waals surface area contributed by atoms with Gasteiger partial charge in [0.1, 0.15) is 0 Å². The quantitative estimate of drug-likeness (QED) is 0.440. The van der Waals surface area contributed by atoms with Gasteiger partial charge in [0.2, 0.25) is 0 Å². The van der Waals surface area contributed by atoms with Crippen molar-refractivity contribution in [2.24, 2.45) is 0 Å². The number of hydrogen-bond acceptors (Lipinski definition) is 0. The van der Waals surface area contributed by atoms with Crippen LogP contribution in [0.1, 0.15) is 13.8 Å². The fourth-order valence-electron chi connectivity index (χ4n) is 0. The van der Waals surface area contributed by atoms with Crippen molar-refractivity contribution >= 4 is 9.52 Å². The van der Waals surface area contributed by atoms with Crippen LogP contribution in [0, 0.1) is 0 Å². The molecule has 0 heterocycles. The fourth-order valence-corrected chi connectivity index (χ4v) is 0. The number of allylic oxidation sites excluding steroid dienone is 2. The van der Waals surface area contributed by atoms with Crippen molar-refractivity contribution in [2.75, 3.05) is 0 Å². The first-order chi connectivity index (χ1) is 4.06. The van der Waals surface area contributed by atoms with Crippen molar-refractivity contribution in [3.8, 4) is 0 Å².